The van der Waals surface area contributed by atoms with Crippen LogP contribution < -0.4 is 5.32 Å². The van der Waals surface area contributed by atoms with E-state index in [-0.39, 0.29) is 18.0 Å². The highest BCUT2D eigenvalue weighted by Gasteiger charge is 2.22. The fourth-order valence-electron chi connectivity index (χ4n) is 2.75. The quantitative estimate of drug-likeness (QED) is 0.907. The summed E-state index contributed by atoms with van der Waals surface area (Å²) in [6.07, 6.45) is 0.828. The van der Waals surface area contributed by atoms with Crippen molar-refractivity contribution >= 4 is 23.3 Å². The van der Waals surface area contributed by atoms with Gasteiger partial charge >= 0.3 is 6.03 Å². The topological polar surface area (TPSA) is 55.9 Å². The molecule has 128 valence electrons. The molecule has 23 heavy (non-hydrogen) atoms. The first kappa shape index (κ1) is 17.7. The van der Waals surface area contributed by atoms with Crippen molar-refractivity contribution < 1.29 is 9.59 Å². The molecule has 2 heterocycles. The largest absolute Gasteiger partial charge is 0.341 e. The number of nitrogens with one attached hydrogen (secondary N) is 1. The summed E-state index contributed by atoms with van der Waals surface area (Å²) in [4.78, 5) is 30.9. The van der Waals surface area contributed by atoms with E-state index in [4.69, 9.17) is 0 Å². The lowest BCUT2D eigenvalue weighted by atomic mass is 10.2. The molecule has 1 aromatic heterocycles. The van der Waals surface area contributed by atoms with Crippen LogP contribution in [0.25, 0.3) is 0 Å². The minimum atomic E-state index is -0.0428. The lowest BCUT2D eigenvalue weighted by Crippen LogP contribution is -2.44. The predicted octanol–water partition coefficient (Wildman–Crippen LogP) is 1.61. The number of urea groups is 1. The third-order valence-corrected chi connectivity index (χ3v) is 5.14. The first-order chi connectivity index (χ1) is 11.0. The Morgan fingerprint density at radius 1 is 1.26 bits per heavy atom. The molecule has 0 spiro atoms. The Morgan fingerprint density at radius 2 is 1.96 bits per heavy atom. The van der Waals surface area contributed by atoms with E-state index in [1.54, 1.807) is 18.3 Å². The predicted molar refractivity (Wildman–Crippen MR) is 92.6 cm³/mol. The molecule has 7 heteroatoms. The highest BCUT2D eigenvalue weighted by molar-refractivity contribution is 7.10. The number of hydrogen-bond acceptors (Lipinski definition) is 4. The lowest BCUT2D eigenvalue weighted by Gasteiger charge is -2.26. The molecule has 3 amide bonds. The fourth-order valence-corrected chi connectivity index (χ4v) is 3.67. The molecular weight excluding hydrogens is 312 g/mol. The maximum absolute atomic E-state index is 12.4. The first-order valence-electron chi connectivity index (χ1n) is 7.97. The molecule has 0 unspecified atom stereocenters. The van der Waals surface area contributed by atoms with Gasteiger partial charge < -0.3 is 20.0 Å². The molecule has 6 nitrogen and oxygen atoms in total. The van der Waals surface area contributed by atoms with Gasteiger partial charge in [0.05, 0.1) is 6.04 Å². The van der Waals surface area contributed by atoms with Crippen LogP contribution in [0.1, 0.15) is 24.3 Å². The third kappa shape index (κ3) is 4.94. The minimum absolute atomic E-state index is 0.0428. The maximum atomic E-state index is 12.4. The molecule has 0 aromatic carbocycles. The van der Waals surface area contributed by atoms with E-state index in [9.17, 15) is 9.59 Å². The van der Waals surface area contributed by atoms with Crippen molar-refractivity contribution in [3.8, 4) is 0 Å². The van der Waals surface area contributed by atoms with Crippen molar-refractivity contribution in [1.82, 2.24) is 20.0 Å². The van der Waals surface area contributed by atoms with Crippen LogP contribution >= 0.6 is 11.3 Å². The van der Waals surface area contributed by atoms with Crippen molar-refractivity contribution in [2.24, 2.45) is 0 Å². The van der Waals surface area contributed by atoms with E-state index in [0.717, 1.165) is 13.0 Å². The molecule has 1 aromatic rings. The summed E-state index contributed by atoms with van der Waals surface area (Å²) in [6.45, 7) is 4.80. The molecule has 0 radical (unpaired) electrons. The zero-order chi connectivity index (χ0) is 16.8. The van der Waals surface area contributed by atoms with E-state index in [0.29, 0.717) is 26.2 Å². The molecule has 1 fully saturated rings. The first-order valence-corrected chi connectivity index (χ1v) is 8.85. The van der Waals surface area contributed by atoms with Crippen molar-refractivity contribution in [3.05, 3.63) is 22.4 Å². The Kier molecular flexibility index (Phi) is 6.41. The van der Waals surface area contributed by atoms with Gasteiger partial charge in [-0.3, -0.25) is 4.79 Å². The number of carbonyl (C=O) groups excluding carboxylic acids is 2. The van der Waals surface area contributed by atoms with Gasteiger partial charge in [0.15, 0.2) is 0 Å². The Balaban J connectivity index is 1.87. The molecule has 1 aliphatic heterocycles. The van der Waals surface area contributed by atoms with Crippen LogP contribution in [-0.2, 0) is 4.79 Å². The SMILES string of the molecule is CC(=O)N1CCCN(C(=O)NC[C@@H](c2cccs2)N(C)C)CC1. The molecule has 0 bridgehead atoms. The third-order valence-electron chi connectivity index (χ3n) is 4.17. The summed E-state index contributed by atoms with van der Waals surface area (Å²) in [5.74, 6) is 0.0811. The average molecular weight is 338 g/mol. The lowest BCUT2D eigenvalue weighted by molar-refractivity contribution is -0.128. The number of nitrogens with zero attached hydrogens (tertiary/aromatic N) is 3. The molecule has 1 saturated heterocycles. The smallest absolute Gasteiger partial charge is 0.317 e. The summed E-state index contributed by atoms with van der Waals surface area (Å²) >= 11 is 1.70. The van der Waals surface area contributed by atoms with E-state index < -0.39 is 0 Å². The van der Waals surface area contributed by atoms with Gasteiger partial charge in [0.2, 0.25) is 5.91 Å². The molecule has 1 atom stereocenters. The van der Waals surface area contributed by atoms with Crippen molar-refractivity contribution in [2.45, 2.75) is 19.4 Å². The second kappa shape index (κ2) is 8.31. The van der Waals surface area contributed by atoms with E-state index in [1.165, 1.54) is 4.88 Å². The molecular formula is C16H26N4O2S. The van der Waals surface area contributed by atoms with Gasteiger partial charge in [0.1, 0.15) is 0 Å². The summed E-state index contributed by atoms with van der Waals surface area (Å²) < 4.78 is 0. The van der Waals surface area contributed by atoms with Gasteiger partial charge in [0, 0.05) is 44.5 Å². The van der Waals surface area contributed by atoms with Gasteiger partial charge in [-0.25, -0.2) is 4.79 Å². The number of hydrogen-bond donors (Lipinski definition) is 1. The number of likely N-dealkylation sites (N-methyl/N-ethyl adjacent to an activating group) is 1. The molecule has 0 aliphatic carbocycles. The summed E-state index contributed by atoms with van der Waals surface area (Å²) in [6, 6.07) is 4.26. The monoisotopic (exact) mass is 338 g/mol. The Morgan fingerprint density at radius 3 is 2.57 bits per heavy atom. The average Bonchev–Trinajstić information content (AvgIpc) is 2.89. The highest BCUT2D eigenvalue weighted by atomic mass is 32.1. The van der Waals surface area contributed by atoms with Gasteiger partial charge in [-0.15, -0.1) is 11.3 Å². The van der Waals surface area contributed by atoms with Crippen LogP contribution in [0.4, 0.5) is 4.79 Å². The second-order valence-electron chi connectivity index (χ2n) is 6.03. The van der Waals surface area contributed by atoms with Gasteiger partial charge in [0.25, 0.3) is 0 Å². The van der Waals surface area contributed by atoms with E-state index >= 15 is 0 Å². The number of amides is 3. The number of carbonyl (C=O) groups is 2. The zero-order valence-electron chi connectivity index (χ0n) is 14.1. The standard InChI is InChI=1S/C16H26N4O2S/c1-13(21)19-7-5-8-20(10-9-19)16(22)17-12-14(18(2)3)15-6-4-11-23-15/h4,6,11,14H,5,7-10,12H2,1-3H3,(H,17,22)/t14-/m0/s1. The Hall–Kier alpha value is -1.60. The minimum Gasteiger partial charge on any atom is -0.341 e. The van der Waals surface area contributed by atoms with Gasteiger partial charge in [-0.1, -0.05) is 6.07 Å². The molecule has 1 N–H and O–H groups in total. The molecule has 0 saturated carbocycles. The normalized spacial score (nSPS) is 17.0. The van der Waals surface area contributed by atoms with Gasteiger partial charge in [-0.2, -0.15) is 0 Å². The van der Waals surface area contributed by atoms with E-state index in [2.05, 4.69) is 21.7 Å². The fraction of sp³-hybridized carbons (Fsp3) is 0.625. The zero-order valence-corrected chi connectivity index (χ0v) is 14.9. The van der Waals surface area contributed by atoms with Gasteiger partial charge in [-0.05, 0) is 32.0 Å². The number of thiophene rings is 1. The summed E-state index contributed by atoms with van der Waals surface area (Å²) in [7, 11) is 4.04. The highest BCUT2D eigenvalue weighted by Crippen LogP contribution is 2.22. The Bertz CT molecular complexity index is 518. The second-order valence-corrected chi connectivity index (χ2v) is 7.01. The van der Waals surface area contributed by atoms with Crippen LogP contribution in [0.3, 0.4) is 0 Å². The van der Waals surface area contributed by atoms with Crippen LogP contribution in [0, 0.1) is 0 Å². The molecule has 2 rings (SSSR count). The number of rotatable bonds is 4. The van der Waals surface area contributed by atoms with Crippen LogP contribution in [0.2, 0.25) is 0 Å². The van der Waals surface area contributed by atoms with Crippen LogP contribution in [0.15, 0.2) is 17.5 Å². The Labute approximate surface area is 142 Å². The van der Waals surface area contributed by atoms with E-state index in [1.807, 2.05) is 30.0 Å². The van der Waals surface area contributed by atoms with Crippen molar-refractivity contribution in [3.63, 3.8) is 0 Å². The maximum Gasteiger partial charge on any atom is 0.317 e. The summed E-state index contributed by atoms with van der Waals surface area (Å²) in [5.41, 5.74) is 0. The van der Waals surface area contributed by atoms with Crippen LogP contribution in [-0.4, -0.2) is 73.5 Å². The van der Waals surface area contributed by atoms with Crippen LogP contribution in [0.5, 0.6) is 0 Å². The molecule has 1 aliphatic rings. The van der Waals surface area contributed by atoms with Crippen molar-refractivity contribution in [1.29, 1.82) is 0 Å². The summed E-state index contributed by atoms with van der Waals surface area (Å²) in [5, 5.41) is 5.10. The van der Waals surface area contributed by atoms with Crippen molar-refractivity contribution in [2.75, 3.05) is 46.8 Å².